The fraction of sp³-hybridized carbons (Fsp3) is 0.320. The van der Waals surface area contributed by atoms with Crippen LogP contribution in [0.2, 0.25) is 0 Å². The largest absolute Gasteiger partial charge is 0.505 e. The van der Waals surface area contributed by atoms with Gasteiger partial charge in [-0.2, -0.15) is 0 Å². The second-order valence-electron chi connectivity index (χ2n) is 8.30. The van der Waals surface area contributed by atoms with Gasteiger partial charge in [-0.05, 0) is 24.1 Å². The fourth-order valence-electron chi connectivity index (χ4n) is 4.07. The first-order valence-corrected chi connectivity index (χ1v) is 11.5. The molecule has 1 unspecified atom stereocenters. The summed E-state index contributed by atoms with van der Waals surface area (Å²) in [7, 11) is 1.46. The predicted octanol–water partition coefficient (Wildman–Crippen LogP) is 2.56. The van der Waals surface area contributed by atoms with Gasteiger partial charge in [-0.1, -0.05) is 43.3 Å². The monoisotopic (exact) mass is 479 g/mol. The van der Waals surface area contributed by atoms with Crippen molar-refractivity contribution in [2.45, 2.75) is 19.4 Å². The summed E-state index contributed by atoms with van der Waals surface area (Å²) >= 11 is 0. The van der Waals surface area contributed by atoms with E-state index in [9.17, 15) is 19.5 Å². The molecule has 0 aliphatic carbocycles. The van der Waals surface area contributed by atoms with Crippen LogP contribution in [0.1, 0.15) is 35.3 Å². The summed E-state index contributed by atoms with van der Waals surface area (Å²) in [5.74, 6) is -0.633. The van der Waals surface area contributed by atoms with Crippen molar-refractivity contribution in [1.82, 2.24) is 14.7 Å². The van der Waals surface area contributed by atoms with Crippen molar-refractivity contribution in [2.24, 2.45) is 7.05 Å². The zero-order chi connectivity index (χ0) is 24.9. The van der Waals surface area contributed by atoms with E-state index in [1.165, 1.54) is 13.1 Å². The van der Waals surface area contributed by atoms with Crippen LogP contribution in [0.3, 0.4) is 0 Å². The Balaban J connectivity index is 1.71. The molecular formula is C25H29N5O5. The highest BCUT2D eigenvalue weighted by Crippen LogP contribution is 2.32. The summed E-state index contributed by atoms with van der Waals surface area (Å²) in [5, 5.41) is 19.5. The van der Waals surface area contributed by atoms with Gasteiger partial charge in [0.15, 0.2) is 5.75 Å². The molecule has 1 fully saturated rings. The fourth-order valence-corrected chi connectivity index (χ4v) is 4.07. The normalized spacial score (nSPS) is 14.4. The van der Waals surface area contributed by atoms with Gasteiger partial charge in [0.25, 0.3) is 17.0 Å². The number of aryl methyl sites for hydroxylation is 1. The minimum absolute atomic E-state index is 0.0475. The molecule has 1 atom stereocenters. The Morgan fingerprint density at radius 3 is 2.49 bits per heavy atom. The quantitative estimate of drug-likeness (QED) is 0.383. The number of aromatic nitrogens is 2. The summed E-state index contributed by atoms with van der Waals surface area (Å²) in [6, 6.07) is 14.0. The number of nitrogens with zero attached hydrogens (tertiary/aromatic N) is 2. The van der Waals surface area contributed by atoms with Crippen LogP contribution in [0.5, 0.6) is 5.75 Å². The molecule has 0 bridgehead atoms. The Labute approximate surface area is 202 Å². The van der Waals surface area contributed by atoms with E-state index >= 15 is 0 Å². The Morgan fingerprint density at radius 2 is 1.80 bits per heavy atom. The highest BCUT2D eigenvalue weighted by atomic mass is 16.5. The summed E-state index contributed by atoms with van der Waals surface area (Å²) in [5.41, 5.74) is 0.221. The number of morpholine rings is 1. The van der Waals surface area contributed by atoms with E-state index in [1.807, 2.05) is 37.3 Å². The number of nitrogens with one attached hydrogen (secondary N) is 3. The second kappa shape index (κ2) is 10.5. The van der Waals surface area contributed by atoms with Gasteiger partial charge in [-0.15, -0.1) is 0 Å². The highest BCUT2D eigenvalue weighted by Gasteiger charge is 2.24. The third kappa shape index (κ3) is 5.07. The zero-order valence-corrected chi connectivity index (χ0v) is 19.7. The Hall–Kier alpha value is -4.05. The van der Waals surface area contributed by atoms with Gasteiger partial charge in [-0.25, -0.2) is 0 Å². The van der Waals surface area contributed by atoms with Crippen LogP contribution in [0.25, 0.3) is 0 Å². The summed E-state index contributed by atoms with van der Waals surface area (Å²) in [4.78, 5) is 40.5. The average molecular weight is 480 g/mol. The number of phenols is 1. The van der Waals surface area contributed by atoms with E-state index in [-0.39, 0.29) is 40.3 Å². The number of para-hydroxylation sites is 1. The number of anilines is 3. The van der Waals surface area contributed by atoms with Crippen molar-refractivity contribution in [3.8, 4) is 5.75 Å². The molecule has 10 nitrogen and oxygen atoms in total. The number of carbonyl (C=O) groups is 1. The lowest BCUT2D eigenvalue weighted by atomic mass is 10.0. The van der Waals surface area contributed by atoms with Crippen LogP contribution in [-0.4, -0.2) is 52.0 Å². The standard InChI is InChI=1S/C25H29N5O5/c1-3-18(16-8-5-4-6-9-16)26-21-20(23(32)28-29(2)25(21)34)27-19-11-7-10-17(22(19)31)24(33)30-12-14-35-15-13-30/h4-11,18,26-27,31H,3,12-15H2,1-2H3,(H,28,32). The molecule has 0 radical (unpaired) electrons. The molecule has 0 spiro atoms. The van der Waals surface area contributed by atoms with Gasteiger partial charge >= 0.3 is 0 Å². The maximum Gasteiger partial charge on any atom is 0.290 e. The summed E-state index contributed by atoms with van der Waals surface area (Å²) in [6.45, 7) is 3.69. The number of phenolic OH excluding ortho intramolecular Hbond substituents is 1. The van der Waals surface area contributed by atoms with Crippen molar-refractivity contribution in [3.63, 3.8) is 0 Å². The Bertz CT molecular complexity index is 1310. The molecule has 1 aromatic heterocycles. The second-order valence-corrected chi connectivity index (χ2v) is 8.30. The van der Waals surface area contributed by atoms with E-state index in [4.69, 9.17) is 4.74 Å². The number of benzene rings is 2. The molecule has 1 saturated heterocycles. The molecule has 4 rings (SSSR count). The van der Waals surface area contributed by atoms with E-state index in [0.717, 1.165) is 10.2 Å². The SMILES string of the molecule is CCC(Nc1c(Nc2cccc(C(=O)N3CCOCC3)c2O)c(=O)[nH]n(C)c1=O)c1ccccc1. The number of H-pyrrole nitrogens is 1. The summed E-state index contributed by atoms with van der Waals surface area (Å²) in [6.07, 6.45) is 0.661. The van der Waals surface area contributed by atoms with Crippen molar-refractivity contribution >= 4 is 23.0 Å². The van der Waals surface area contributed by atoms with Crippen molar-refractivity contribution in [3.05, 3.63) is 80.4 Å². The molecule has 2 aromatic carbocycles. The van der Waals surface area contributed by atoms with Gasteiger partial charge in [-0.3, -0.25) is 24.2 Å². The van der Waals surface area contributed by atoms with Crippen LogP contribution < -0.4 is 21.8 Å². The van der Waals surface area contributed by atoms with Crippen molar-refractivity contribution in [1.29, 1.82) is 0 Å². The third-order valence-corrected chi connectivity index (χ3v) is 6.02. The van der Waals surface area contributed by atoms with E-state index in [2.05, 4.69) is 15.7 Å². The van der Waals surface area contributed by atoms with E-state index < -0.39 is 11.1 Å². The van der Waals surface area contributed by atoms with Crippen LogP contribution in [0.15, 0.2) is 58.1 Å². The molecule has 1 aliphatic rings. The first-order chi connectivity index (χ1) is 16.9. The van der Waals surface area contributed by atoms with E-state index in [0.29, 0.717) is 32.7 Å². The molecule has 10 heteroatoms. The number of aromatic hydroxyl groups is 1. The Kier molecular flexibility index (Phi) is 7.21. The molecule has 184 valence electrons. The maximum atomic E-state index is 13.0. The van der Waals surface area contributed by atoms with Gasteiger partial charge in [0.05, 0.1) is 30.5 Å². The maximum absolute atomic E-state index is 13.0. The molecule has 2 heterocycles. The number of amides is 1. The average Bonchev–Trinajstić information content (AvgIpc) is 2.88. The number of aromatic amines is 1. The minimum Gasteiger partial charge on any atom is -0.505 e. The zero-order valence-electron chi connectivity index (χ0n) is 19.7. The lowest BCUT2D eigenvalue weighted by Gasteiger charge is -2.27. The topological polar surface area (TPSA) is 129 Å². The summed E-state index contributed by atoms with van der Waals surface area (Å²) < 4.78 is 6.40. The van der Waals surface area contributed by atoms with Gasteiger partial charge in [0, 0.05) is 20.1 Å². The molecular weight excluding hydrogens is 450 g/mol. The van der Waals surface area contributed by atoms with Gasteiger partial charge in [0.1, 0.15) is 11.4 Å². The van der Waals surface area contributed by atoms with Crippen LogP contribution in [0, 0.1) is 0 Å². The molecule has 4 N–H and O–H groups in total. The first kappa shape index (κ1) is 24.1. The molecule has 0 saturated carbocycles. The predicted molar refractivity (Wildman–Crippen MR) is 134 cm³/mol. The number of hydrogen-bond donors (Lipinski definition) is 4. The highest BCUT2D eigenvalue weighted by molar-refractivity contribution is 5.99. The lowest BCUT2D eigenvalue weighted by Crippen LogP contribution is -2.40. The van der Waals surface area contributed by atoms with Crippen LogP contribution in [0.4, 0.5) is 17.1 Å². The molecule has 35 heavy (non-hydrogen) atoms. The van der Waals surface area contributed by atoms with Crippen LogP contribution >= 0.6 is 0 Å². The Morgan fingerprint density at radius 1 is 1.09 bits per heavy atom. The number of carbonyl (C=O) groups excluding carboxylic acids is 1. The first-order valence-electron chi connectivity index (χ1n) is 11.5. The van der Waals surface area contributed by atoms with Crippen molar-refractivity contribution < 1.29 is 14.6 Å². The van der Waals surface area contributed by atoms with E-state index in [1.54, 1.807) is 17.0 Å². The molecule has 1 amide bonds. The number of hydrogen-bond acceptors (Lipinski definition) is 7. The number of ether oxygens (including phenoxy) is 1. The molecule has 3 aromatic rings. The molecule has 1 aliphatic heterocycles. The smallest absolute Gasteiger partial charge is 0.290 e. The van der Waals surface area contributed by atoms with Gasteiger partial charge in [0.2, 0.25) is 0 Å². The van der Waals surface area contributed by atoms with Crippen molar-refractivity contribution in [2.75, 3.05) is 36.9 Å². The van der Waals surface area contributed by atoms with Crippen LogP contribution in [-0.2, 0) is 11.8 Å². The minimum atomic E-state index is -0.554. The lowest BCUT2D eigenvalue weighted by molar-refractivity contribution is 0.0301. The third-order valence-electron chi connectivity index (χ3n) is 6.02. The number of rotatable bonds is 7. The van der Waals surface area contributed by atoms with Gasteiger partial charge < -0.3 is 25.4 Å².